The van der Waals surface area contributed by atoms with Gasteiger partial charge in [-0.15, -0.1) is 0 Å². The number of amides is 2. The molecular weight excluding hydrogens is 244 g/mol. The summed E-state index contributed by atoms with van der Waals surface area (Å²) in [5, 5.41) is 2.69. The molecule has 0 aliphatic rings. The molecule has 0 aliphatic carbocycles. The highest BCUT2D eigenvalue weighted by Gasteiger charge is 2.08. The summed E-state index contributed by atoms with van der Waals surface area (Å²) in [6.07, 6.45) is 4.68. The molecule has 1 aromatic heterocycles. The van der Waals surface area contributed by atoms with Gasteiger partial charge in [-0.3, -0.25) is 19.6 Å². The predicted molar refractivity (Wildman–Crippen MR) is 68.2 cm³/mol. The Labute approximate surface area is 109 Å². The number of carbonyl (C=O) groups excluding carboxylic acids is 2. The van der Waals surface area contributed by atoms with Crippen LogP contribution in [0.2, 0.25) is 0 Å². The molecule has 2 amide bonds. The van der Waals surface area contributed by atoms with E-state index in [1.807, 2.05) is 0 Å². The Bertz CT molecular complexity index is 599. The highest BCUT2D eigenvalue weighted by atomic mass is 16.2. The third-order valence-corrected chi connectivity index (χ3v) is 2.46. The normalized spacial score (nSPS) is 9.89. The fraction of sp³-hybridized carbons (Fsp3) is 0.0769. The number of hydrogen-bond acceptors (Lipinski definition) is 4. The molecule has 0 radical (unpaired) electrons. The minimum Gasteiger partial charge on any atom is -0.366 e. The molecule has 3 N–H and O–H groups in total. The number of rotatable bonds is 4. The van der Waals surface area contributed by atoms with Crippen molar-refractivity contribution < 1.29 is 9.59 Å². The average Bonchev–Trinajstić information content (AvgIpc) is 2.46. The lowest BCUT2D eigenvalue weighted by Crippen LogP contribution is -2.24. The summed E-state index contributed by atoms with van der Waals surface area (Å²) in [5.41, 5.74) is 6.49. The number of nitrogens with two attached hydrogens (primary N) is 1. The molecular formula is C13H12N4O2. The quantitative estimate of drug-likeness (QED) is 0.832. The van der Waals surface area contributed by atoms with Crippen molar-refractivity contribution in [3.05, 3.63) is 59.7 Å². The van der Waals surface area contributed by atoms with Gasteiger partial charge in [-0.1, -0.05) is 6.07 Å². The highest BCUT2D eigenvalue weighted by Crippen LogP contribution is 2.05. The molecule has 0 atom stereocenters. The smallest absolute Gasteiger partial charge is 0.251 e. The number of carbonyl (C=O) groups is 2. The van der Waals surface area contributed by atoms with E-state index < -0.39 is 5.91 Å². The summed E-state index contributed by atoms with van der Waals surface area (Å²) < 4.78 is 0. The lowest BCUT2D eigenvalue weighted by Gasteiger charge is -2.05. The van der Waals surface area contributed by atoms with Gasteiger partial charge in [-0.25, -0.2) is 0 Å². The number of aromatic nitrogens is 2. The Morgan fingerprint density at radius 2 is 2.00 bits per heavy atom. The maximum atomic E-state index is 11.9. The van der Waals surface area contributed by atoms with Crippen LogP contribution in [0.4, 0.5) is 0 Å². The van der Waals surface area contributed by atoms with Gasteiger partial charge in [0.25, 0.3) is 5.91 Å². The first-order valence-corrected chi connectivity index (χ1v) is 5.60. The van der Waals surface area contributed by atoms with Gasteiger partial charge in [0.15, 0.2) is 0 Å². The molecule has 0 unspecified atom stereocenters. The van der Waals surface area contributed by atoms with E-state index in [0.29, 0.717) is 16.8 Å². The number of benzene rings is 1. The van der Waals surface area contributed by atoms with Gasteiger partial charge in [0, 0.05) is 23.5 Å². The van der Waals surface area contributed by atoms with Crippen LogP contribution < -0.4 is 11.1 Å². The molecule has 96 valence electrons. The van der Waals surface area contributed by atoms with Gasteiger partial charge in [-0.2, -0.15) is 0 Å². The fourth-order valence-electron chi connectivity index (χ4n) is 1.51. The SMILES string of the molecule is NC(=O)c1cccc(C(=O)NCc2cnccn2)c1. The zero-order valence-corrected chi connectivity index (χ0v) is 10.0. The molecule has 0 bridgehead atoms. The lowest BCUT2D eigenvalue weighted by atomic mass is 10.1. The van der Waals surface area contributed by atoms with E-state index in [2.05, 4.69) is 15.3 Å². The topological polar surface area (TPSA) is 98.0 Å². The van der Waals surface area contributed by atoms with Crippen LogP contribution >= 0.6 is 0 Å². The first-order chi connectivity index (χ1) is 9.16. The van der Waals surface area contributed by atoms with Crippen molar-refractivity contribution in [1.82, 2.24) is 15.3 Å². The molecule has 2 rings (SSSR count). The van der Waals surface area contributed by atoms with Crippen LogP contribution in [-0.2, 0) is 6.54 Å². The molecule has 6 heteroatoms. The van der Waals surface area contributed by atoms with E-state index in [1.54, 1.807) is 36.8 Å². The molecule has 19 heavy (non-hydrogen) atoms. The second-order valence-corrected chi connectivity index (χ2v) is 3.82. The van der Waals surface area contributed by atoms with E-state index in [-0.39, 0.29) is 12.5 Å². The van der Waals surface area contributed by atoms with E-state index >= 15 is 0 Å². The number of primary amides is 1. The van der Waals surface area contributed by atoms with Crippen LogP contribution in [0.5, 0.6) is 0 Å². The molecule has 2 aromatic rings. The number of nitrogens with zero attached hydrogens (tertiary/aromatic N) is 2. The van der Waals surface area contributed by atoms with E-state index in [4.69, 9.17) is 5.73 Å². The van der Waals surface area contributed by atoms with Crippen molar-refractivity contribution in [2.24, 2.45) is 5.73 Å². The van der Waals surface area contributed by atoms with Crippen molar-refractivity contribution >= 4 is 11.8 Å². The van der Waals surface area contributed by atoms with E-state index in [0.717, 1.165) is 0 Å². The molecule has 0 aliphatic heterocycles. The largest absolute Gasteiger partial charge is 0.366 e. The minimum atomic E-state index is -0.566. The summed E-state index contributed by atoms with van der Waals surface area (Å²) in [7, 11) is 0. The summed E-state index contributed by atoms with van der Waals surface area (Å²) in [6.45, 7) is 0.271. The standard InChI is InChI=1S/C13H12N4O2/c14-12(18)9-2-1-3-10(6-9)13(19)17-8-11-7-15-4-5-16-11/h1-7H,8H2,(H2,14,18)(H,17,19). The third kappa shape index (κ3) is 3.35. The number of nitrogens with one attached hydrogen (secondary N) is 1. The van der Waals surface area contributed by atoms with Crippen molar-refractivity contribution in [1.29, 1.82) is 0 Å². The van der Waals surface area contributed by atoms with E-state index in [9.17, 15) is 9.59 Å². The summed E-state index contributed by atoms with van der Waals surface area (Å²) >= 11 is 0. The monoisotopic (exact) mass is 256 g/mol. The molecule has 0 saturated carbocycles. The van der Waals surface area contributed by atoms with Crippen LogP contribution in [0.15, 0.2) is 42.9 Å². The van der Waals surface area contributed by atoms with Gasteiger partial charge in [-0.05, 0) is 18.2 Å². The van der Waals surface area contributed by atoms with Crippen LogP contribution in [-0.4, -0.2) is 21.8 Å². The summed E-state index contributed by atoms with van der Waals surface area (Å²) in [6, 6.07) is 6.23. The molecule has 1 heterocycles. The average molecular weight is 256 g/mol. The summed E-state index contributed by atoms with van der Waals surface area (Å²) in [5.74, 6) is -0.864. The Balaban J connectivity index is 2.04. The van der Waals surface area contributed by atoms with Gasteiger partial charge < -0.3 is 11.1 Å². The fourth-order valence-corrected chi connectivity index (χ4v) is 1.51. The molecule has 0 spiro atoms. The lowest BCUT2D eigenvalue weighted by molar-refractivity contribution is 0.0950. The first kappa shape index (κ1) is 12.7. The Hall–Kier alpha value is -2.76. The third-order valence-electron chi connectivity index (χ3n) is 2.46. The first-order valence-electron chi connectivity index (χ1n) is 5.60. The molecule has 0 saturated heterocycles. The van der Waals surface area contributed by atoms with Crippen LogP contribution in [0, 0.1) is 0 Å². The van der Waals surface area contributed by atoms with Gasteiger partial charge in [0.1, 0.15) is 0 Å². The molecule has 6 nitrogen and oxygen atoms in total. The second-order valence-electron chi connectivity index (χ2n) is 3.82. The van der Waals surface area contributed by atoms with Gasteiger partial charge >= 0.3 is 0 Å². The van der Waals surface area contributed by atoms with Crippen LogP contribution in [0.3, 0.4) is 0 Å². The molecule has 0 fully saturated rings. The highest BCUT2D eigenvalue weighted by molar-refractivity contribution is 5.98. The maximum absolute atomic E-state index is 11.9. The van der Waals surface area contributed by atoms with Crippen molar-refractivity contribution in [2.75, 3.05) is 0 Å². The second kappa shape index (κ2) is 5.72. The van der Waals surface area contributed by atoms with Crippen molar-refractivity contribution in [3.8, 4) is 0 Å². The minimum absolute atomic E-state index is 0.271. The number of hydrogen-bond donors (Lipinski definition) is 2. The zero-order chi connectivity index (χ0) is 13.7. The Morgan fingerprint density at radius 1 is 1.21 bits per heavy atom. The van der Waals surface area contributed by atoms with E-state index in [1.165, 1.54) is 6.07 Å². The molecule has 1 aromatic carbocycles. The van der Waals surface area contributed by atoms with Crippen LogP contribution in [0.1, 0.15) is 26.4 Å². The predicted octanol–water partition coefficient (Wildman–Crippen LogP) is 0.505. The maximum Gasteiger partial charge on any atom is 0.251 e. The zero-order valence-electron chi connectivity index (χ0n) is 10.0. The summed E-state index contributed by atoms with van der Waals surface area (Å²) in [4.78, 5) is 30.8. The Kier molecular flexibility index (Phi) is 3.82. The van der Waals surface area contributed by atoms with Crippen LogP contribution in [0.25, 0.3) is 0 Å². The van der Waals surface area contributed by atoms with Gasteiger partial charge in [0.2, 0.25) is 5.91 Å². The Morgan fingerprint density at radius 3 is 2.68 bits per heavy atom. The van der Waals surface area contributed by atoms with Gasteiger partial charge in [0.05, 0.1) is 18.4 Å². The van der Waals surface area contributed by atoms with Crippen molar-refractivity contribution in [2.45, 2.75) is 6.54 Å². The van der Waals surface area contributed by atoms with Crippen molar-refractivity contribution in [3.63, 3.8) is 0 Å².